The standard InChI is InChI=1S/C29H37NO3/c31-27(32)29(33,25-12-6-2-7-13-25)28(16-8-3-9-17-28)18-26-23-14-15-24(26)21-30(20-23)19-22-10-4-1-5-11-22/h1-2,4-7,10-13,23-24,26,33H,3,8-9,14-21H2,(H,31,32). The quantitative estimate of drug-likeness (QED) is 0.592. The van der Waals surface area contributed by atoms with E-state index in [1.54, 1.807) is 0 Å². The average molecular weight is 448 g/mol. The molecule has 2 bridgehead atoms. The fourth-order valence-corrected chi connectivity index (χ4v) is 7.47. The highest BCUT2D eigenvalue weighted by Gasteiger charge is 2.59. The van der Waals surface area contributed by atoms with Crippen LogP contribution in [0.15, 0.2) is 60.7 Å². The van der Waals surface area contributed by atoms with Gasteiger partial charge in [-0.1, -0.05) is 79.9 Å². The van der Waals surface area contributed by atoms with E-state index in [4.69, 9.17) is 0 Å². The van der Waals surface area contributed by atoms with Crippen molar-refractivity contribution in [3.63, 3.8) is 0 Å². The lowest BCUT2D eigenvalue weighted by Gasteiger charge is -2.51. The molecule has 0 spiro atoms. The van der Waals surface area contributed by atoms with E-state index in [9.17, 15) is 15.0 Å². The Bertz CT molecular complexity index is 926. The maximum atomic E-state index is 12.7. The summed E-state index contributed by atoms with van der Waals surface area (Å²) in [6, 6.07) is 19.9. The van der Waals surface area contributed by atoms with Crippen molar-refractivity contribution in [2.24, 2.45) is 23.2 Å². The summed E-state index contributed by atoms with van der Waals surface area (Å²) in [6.45, 7) is 3.17. The third-order valence-electron chi connectivity index (χ3n) is 9.06. The zero-order valence-corrected chi connectivity index (χ0v) is 19.5. The Labute approximate surface area is 197 Å². The molecule has 5 rings (SSSR count). The molecule has 2 aromatic carbocycles. The summed E-state index contributed by atoms with van der Waals surface area (Å²) in [5, 5.41) is 22.4. The second kappa shape index (κ2) is 9.23. The number of fused-ring (bicyclic) bond motifs is 2. The average Bonchev–Trinajstić information content (AvgIpc) is 3.07. The number of benzene rings is 2. The van der Waals surface area contributed by atoms with Crippen LogP contribution in [0.25, 0.3) is 0 Å². The van der Waals surface area contributed by atoms with Crippen LogP contribution in [0.3, 0.4) is 0 Å². The van der Waals surface area contributed by atoms with Crippen LogP contribution in [0.4, 0.5) is 0 Å². The molecule has 1 heterocycles. The minimum Gasteiger partial charge on any atom is -0.479 e. The normalized spacial score (nSPS) is 28.8. The Morgan fingerprint density at radius 2 is 1.48 bits per heavy atom. The van der Waals surface area contributed by atoms with Crippen molar-refractivity contribution in [2.45, 2.75) is 63.5 Å². The Balaban J connectivity index is 1.40. The fourth-order valence-electron chi connectivity index (χ4n) is 7.47. The molecule has 3 aliphatic rings. The Morgan fingerprint density at radius 3 is 2.06 bits per heavy atom. The molecule has 2 saturated carbocycles. The lowest BCUT2D eigenvalue weighted by Crippen LogP contribution is -2.55. The van der Waals surface area contributed by atoms with Crippen LogP contribution in [0, 0.1) is 23.2 Å². The highest BCUT2D eigenvalue weighted by atomic mass is 16.4. The van der Waals surface area contributed by atoms with Crippen molar-refractivity contribution >= 4 is 5.97 Å². The van der Waals surface area contributed by atoms with Crippen molar-refractivity contribution in [3.05, 3.63) is 71.8 Å². The first-order chi connectivity index (χ1) is 16.0. The summed E-state index contributed by atoms with van der Waals surface area (Å²) in [6.07, 6.45) is 8.03. The maximum absolute atomic E-state index is 12.7. The summed E-state index contributed by atoms with van der Waals surface area (Å²) in [5.41, 5.74) is -0.502. The van der Waals surface area contributed by atoms with E-state index in [-0.39, 0.29) is 0 Å². The number of carboxylic acid groups (broad SMARTS) is 1. The van der Waals surface area contributed by atoms with Crippen LogP contribution in [0.2, 0.25) is 0 Å². The minimum atomic E-state index is -1.82. The van der Waals surface area contributed by atoms with Gasteiger partial charge in [0, 0.05) is 25.0 Å². The second-order valence-corrected chi connectivity index (χ2v) is 10.9. The minimum absolute atomic E-state index is 0.504. The van der Waals surface area contributed by atoms with E-state index in [0.29, 0.717) is 23.3 Å². The summed E-state index contributed by atoms with van der Waals surface area (Å²) >= 11 is 0. The molecule has 1 saturated heterocycles. The van der Waals surface area contributed by atoms with E-state index >= 15 is 0 Å². The van der Waals surface area contributed by atoms with Gasteiger partial charge in [-0.3, -0.25) is 4.90 Å². The molecule has 4 nitrogen and oxygen atoms in total. The third-order valence-corrected chi connectivity index (χ3v) is 9.06. The van der Waals surface area contributed by atoms with Gasteiger partial charge in [-0.05, 0) is 61.0 Å². The van der Waals surface area contributed by atoms with Gasteiger partial charge < -0.3 is 10.2 Å². The van der Waals surface area contributed by atoms with E-state index in [2.05, 4.69) is 35.2 Å². The number of rotatable bonds is 7. The van der Waals surface area contributed by atoms with E-state index < -0.39 is 17.0 Å². The van der Waals surface area contributed by atoms with E-state index in [1.807, 2.05) is 30.3 Å². The topological polar surface area (TPSA) is 60.8 Å². The molecule has 1 aliphatic heterocycles. The third kappa shape index (κ3) is 4.13. The van der Waals surface area contributed by atoms with Gasteiger partial charge in [0.15, 0.2) is 5.60 Å². The lowest BCUT2D eigenvalue weighted by molar-refractivity contribution is -0.188. The monoisotopic (exact) mass is 447 g/mol. The van der Waals surface area contributed by atoms with Crippen LogP contribution in [-0.4, -0.2) is 34.2 Å². The highest BCUT2D eigenvalue weighted by molar-refractivity contribution is 5.80. The zero-order valence-electron chi connectivity index (χ0n) is 19.5. The predicted octanol–water partition coefficient (Wildman–Crippen LogP) is 5.46. The number of aliphatic hydroxyl groups is 1. The zero-order chi connectivity index (χ0) is 22.9. The van der Waals surface area contributed by atoms with Crippen molar-refractivity contribution < 1.29 is 15.0 Å². The van der Waals surface area contributed by atoms with Crippen LogP contribution >= 0.6 is 0 Å². The van der Waals surface area contributed by atoms with Crippen molar-refractivity contribution in [1.29, 1.82) is 0 Å². The van der Waals surface area contributed by atoms with Crippen LogP contribution in [0.5, 0.6) is 0 Å². The molecule has 3 atom stereocenters. The molecule has 2 aliphatic carbocycles. The fraction of sp³-hybridized carbons (Fsp3) is 0.552. The summed E-state index contributed by atoms with van der Waals surface area (Å²) < 4.78 is 0. The first kappa shape index (κ1) is 22.6. The largest absolute Gasteiger partial charge is 0.479 e. The van der Waals surface area contributed by atoms with Gasteiger partial charge >= 0.3 is 5.97 Å². The van der Waals surface area contributed by atoms with Gasteiger partial charge in [0.25, 0.3) is 0 Å². The first-order valence-corrected chi connectivity index (χ1v) is 12.8. The molecule has 3 fully saturated rings. The van der Waals surface area contributed by atoms with E-state index in [1.165, 1.54) is 18.4 Å². The Kier molecular flexibility index (Phi) is 6.32. The number of nitrogens with zero attached hydrogens (tertiary/aromatic N) is 1. The van der Waals surface area contributed by atoms with Gasteiger partial charge in [-0.25, -0.2) is 4.79 Å². The van der Waals surface area contributed by atoms with Crippen molar-refractivity contribution in [3.8, 4) is 0 Å². The molecular weight excluding hydrogens is 410 g/mol. The van der Waals surface area contributed by atoms with Gasteiger partial charge in [-0.15, -0.1) is 0 Å². The molecule has 0 radical (unpaired) electrons. The van der Waals surface area contributed by atoms with Crippen LogP contribution in [0.1, 0.15) is 62.5 Å². The van der Waals surface area contributed by atoms with Gasteiger partial charge in [-0.2, -0.15) is 0 Å². The molecule has 2 N–H and O–H groups in total. The molecule has 33 heavy (non-hydrogen) atoms. The number of likely N-dealkylation sites (tertiary alicyclic amines) is 1. The number of carbonyl (C=O) groups is 1. The van der Waals surface area contributed by atoms with Crippen LogP contribution < -0.4 is 0 Å². The van der Waals surface area contributed by atoms with Gasteiger partial charge in [0.05, 0.1) is 0 Å². The molecule has 0 aromatic heterocycles. The smallest absolute Gasteiger partial charge is 0.340 e. The molecular formula is C29H37NO3. The molecule has 2 aromatic rings. The van der Waals surface area contributed by atoms with Crippen molar-refractivity contribution in [1.82, 2.24) is 4.90 Å². The highest BCUT2D eigenvalue weighted by Crippen LogP contribution is 2.58. The molecule has 176 valence electrons. The van der Waals surface area contributed by atoms with E-state index in [0.717, 1.165) is 58.2 Å². The first-order valence-electron chi connectivity index (χ1n) is 12.8. The van der Waals surface area contributed by atoms with Gasteiger partial charge in [0.1, 0.15) is 0 Å². The summed E-state index contributed by atoms with van der Waals surface area (Å²) in [5.74, 6) is 0.620. The number of carboxylic acids is 1. The number of piperidine rings is 1. The Morgan fingerprint density at radius 1 is 0.909 bits per heavy atom. The van der Waals surface area contributed by atoms with Crippen LogP contribution in [-0.2, 0) is 16.9 Å². The van der Waals surface area contributed by atoms with Gasteiger partial charge in [0.2, 0.25) is 0 Å². The Hall–Kier alpha value is -2.17. The second-order valence-electron chi connectivity index (χ2n) is 10.9. The molecule has 3 unspecified atom stereocenters. The summed E-state index contributed by atoms with van der Waals surface area (Å²) in [7, 11) is 0. The maximum Gasteiger partial charge on any atom is 0.340 e. The summed E-state index contributed by atoms with van der Waals surface area (Å²) in [4.78, 5) is 15.3. The molecule has 0 amide bonds. The van der Waals surface area contributed by atoms with Crippen molar-refractivity contribution in [2.75, 3.05) is 13.1 Å². The lowest BCUT2D eigenvalue weighted by atomic mass is 9.56. The molecule has 4 heteroatoms. The number of aliphatic carboxylic acids is 1. The predicted molar refractivity (Wildman–Crippen MR) is 130 cm³/mol. The number of hydrogen-bond donors (Lipinski definition) is 2. The SMILES string of the molecule is O=C(O)C(O)(c1ccccc1)C1(CC2C3CCC2CN(Cc2ccccc2)C3)CCCCC1. The number of hydrogen-bond acceptors (Lipinski definition) is 3.